The molecule has 0 amide bonds. The lowest BCUT2D eigenvalue weighted by atomic mass is 9.92. The molecule has 25 heavy (non-hydrogen) atoms. The van der Waals surface area contributed by atoms with Crippen LogP contribution in [-0.2, 0) is 12.8 Å². The van der Waals surface area contributed by atoms with Gasteiger partial charge in [0, 0.05) is 0 Å². The van der Waals surface area contributed by atoms with E-state index in [4.69, 9.17) is 0 Å². The molecule has 0 radical (unpaired) electrons. The van der Waals surface area contributed by atoms with E-state index in [1.807, 2.05) is 12.1 Å². The smallest absolute Gasteiger partial charge is 0.335 e. The number of fused-ring (bicyclic) bond motifs is 3. The van der Waals surface area contributed by atoms with Crippen molar-refractivity contribution in [3.8, 4) is 22.3 Å². The number of aromatic carboxylic acids is 1. The van der Waals surface area contributed by atoms with Crippen LogP contribution in [0.5, 0.6) is 0 Å². The zero-order valence-corrected chi connectivity index (χ0v) is 13.8. The molecule has 0 atom stereocenters. The molecular formula is C23H18O2. The average Bonchev–Trinajstić information content (AvgIpc) is 3.00. The standard InChI is InChI=1S/C23H18O2/c1-2-6-15-13-17(11-12-20(15)23(24)25)19-9-5-10-21-18-8-4-3-7-16(18)14-22(19)21/h2-5,7-13H,1,6,14H2,(H,24,25). The zero-order valence-electron chi connectivity index (χ0n) is 13.8. The van der Waals surface area contributed by atoms with Gasteiger partial charge in [-0.1, -0.05) is 54.6 Å². The highest BCUT2D eigenvalue weighted by Gasteiger charge is 2.21. The molecule has 122 valence electrons. The molecule has 0 saturated heterocycles. The largest absolute Gasteiger partial charge is 0.478 e. The van der Waals surface area contributed by atoms with Crippen LogP contribution in [0.1, 0.15) is 27.0 Å². The van der Waals surface area contributed by atoms with Crippen LogP contribution in [0.2, 0.25) is 0 Å². The molecule has 0 aromatic heterocycles. The van der Waals surface area contributed by atoms with Crippen LogP contribution in [0, 0.1) is 0 Å². The maximum Gasteiger partial charge on any atom is 0.335 e. The molecule has 0 heterocycles. The van der Waals surface area contributed by atoms with Gasteiger partial charge in [-0.15, -0.1) is 6.58 Å². The third kappa shape index (κ3) is 2.56. The highest BCUT2D eigenvalue weighted by Crippen LogP contribution is 2.41. The van der Waals surface area contributed by atoms with Crippen LogP contribution >= 0.6 is 0 Å². The predicted molar refractivity (Wildman–Crippen MR) is 101 cm³/mol. The molecular weight excluding hydrogens is 308 g/mol. The van der Waals surface area contributed by atoms with Crippen molar-refractivity contribution in [3.05, 3.63) is 95.6 Å². The van der Waals surface area contributed by atoms with Crippen molar-refractivity contribution in [1.82, 2.24) is 0 Å². The Bertz CT molecular complexity index is 999. The van der Waals surface area contributed by atoms with Gasteiger partial charge in [-0.05, 0) is 63.9 Å². The van der Waals surface area contributed by atoms with Crippen molar-refractivity contribution in [2.45, 2.75) is 12.8 Å². The second-order valence-electron chi connectivity index (χ2n) is 6.34. The van der Waals surface area contributed by atoms with E-state index in [0.29, 0.717) is 12.0 Å². The quantitative estimate of drug-likeness (QED) is 0.513. The molecule has 0 unspecified atom stereocenters. The third-order valence-electron chi connectivity index (χ3n) is 4.86. The Labute approximate surface area is 147 Å². The van der Waals surface area contributed by atoms with Crippen molar-refractivity contribution in [3.63, 3.8) is 0 Å². The highest BCUT2D eigenvalue weighted by atomic mass is 16.4. The summed E-state index contributed by atoms with van der Waals surface area (Å²) >= 11 is 0. The maximum atomic E-state index is 11.4. The van der Waals surface area contributed by atoms with E-state index in [-0.39, 0.29) is 0 Å². The average molecular weight is 326 g/mol. The second-order valence-corrected chi connectivity index (χ2v) is 6.34. The molecule has 0 bridgehead atoms. The van der Waals surface area contributed by atoms with E-state index >= 15 is 0 Å². The van der Waals surface area contributed by atoms with Crippen LogP contribution in [0.25, 0.3) is 22.3 Å². The van der Waals surface area contributed by atoms with E-state index < -0.39 is 5.97 Å². The van der Waals surface area contributed by atoms with E-state index in [1.54, 1.807) is 12.1 Å². The summed E-state index contributed by atoms with van der Waals surface area (Å²) in [5.41, 5.74) is 8.62. The van der Waals surface area contributed by atoms with Gasteiger partial charge in [0.2, 0.25) is 0 Å². The minimum absolute atomic E-state index is 0.347. The van der Waals surface area contributed by atoms with Gasteiger partial charge >= 0.3 is 5.97 Å². The summed E-state index contributed by atoms with van der Waals surface area (Å²) in [5.74, 6) is -0.894. The fourth-order valence-corrected chi connectivity index (χ4v) is 3.72. The van der Waals surface area contributed by atoms with Crippen molar-refractivity contribution in [2.24, 2.45) is 0 Å². The second kappa shape index (κ2) is 6.06. The number of carboxylic acid groups (broad SMARTS) is 1. The number of hydrogen-bond donors (Lipinski definition) is 1. The number of hydrogen-bond acceptors (Lipinski definition) is 1. The summed E-state index contributed by atoms with van der Waals surface area (Å²) in [6.45, 7) is 3.75. The number of rotatable bonds is 4. The molecule has 4 rings (SSSR count). The topological polar surface area (TPSA) is 37.3 Å². The number of benzene rings is 3. The first kappa shape index (κ1) is 15.4. The zero-order chi connectivity index (χ0) is 17.4. The monoisotopic (exact) mass is 326 g/mol. The normalized spacial score (nSPS) is 11.7. The van der Waals surface area contributed by atoms with Gasteiger partial charge in [0.25, 0.3) is 0 Å². The SMILES string of the molecule is C=CCc1cc(-c2cccc3c2Cc2ccccc2-3)ccc1C(=O)O. The van der Waals surface area contributed by atoms with Gasteiger partial charge in [-0.3, -0.25) is 0 Å². The van der Waals surface area contributed by atoms with Crippen LogP contribution in [0.15, 0.2) is 73.3 Å². The first-order valence-electron chi connectivity index (χ1n) is 8.36. The van der Waals surface area contributed by atoms with Crippen molar-refractivity contribution in [2.75, 3.05) is 0 Å². The molecule has 0 saturated carbocycles. The fraction of sp³-hybridized carbons (Fsp3) is 0.0870. The number of allylic oxidation sites excluding steroid dienone is 1. The fourth-order valence-electron chi connectivity index (χ4n) is 3.72. The van der Waals surface area contributed by atoms with Gasteiger partial charge in [0.1, 0.15) is 0 Å². The van der Waals surface area contributed by atoms with Gasteiger partial charge < -0.3 is 5.11 Å². The molecule has 0 spiro atoms. The van der Waals surface area contributed by atoms with Crippen LogP contribution in [0.4, 0.5) is 0 Å². The molecule has 2 heteroatoms. The minimum Gasteiger partial charge on any atom is -0.478 e. The van der Waals surface area contributed by atoms with Crippen molar-refractivity contribution < 1.29 is 9.90 Å². The Morgan fingerprint density at radius 3 is 2.56 bits per heavy atom. The molecule has 1 N–H and O–H groups in total. The first-order valence-corrected chi connectivity index (χ1v) is 8.36. The van der Waals surface area contributed by atoms with Gasteiger partial charge in [-0.2, -0.15) is 0 Å². The van der Waals surface area contributed by atoms with E-state index in [9.17, 15) is 9.90 Å². The van der Waals surface area contributed by atoms with Crippen LogP contribution in [-0.4, -0.2) is 11.1 Å². The molecule has 3 aromatic carbocycles. The maximum absolute atomic E-state index is 11.4. The minimum atomic E-state index is -0.894. The Kier molecular flexibility index (Phi) is 3.73. The molecule has 1 aliphatic rings. The highest BCUT2D eigenvalue weighted by molar-refractivity contribution is 5.91. The summed E-state index contributed by atoms with van der Waals surface area (Å²) < 4.78 is 0. The van der Waals surface area contributed by atoms with Gasteiger partial charge in [0.05, 0.1) is 5.56 Å². The van der Waals surface area contributed by atoms with Crippen molar-refractivity contribution >= 4 is 5.97 Å². The number of carbonyl (C=O) groups is 1. The van der Waals surface area contributed by atoms with E-state index in [0.717, 1.165) is 17.5 Å². The third-order valence-corrected chi connectivity index (χ3v) is 4.86. The summed E-state index contributed by atoms with van der Waals surface area (Å²) in [5, 5.41) is 9.39. The summed E-state index contributed by atoms with van der Waals surface area (Å²) in [6.07, 6.45) is 3.21. The van der Waals surface area contributed by atoms with Crippen LogP contribution in [0.3, 0.4) is 0 Å². The number of carboxylic acids is 1. The summed E-state index contributed by atoms with van der Waals surface area (Å²) in [7, 11) is 0. The Morgan fingerprint density at radius 1 is 1.00 bits per heavy atom. The predicted octanol–water partition coefficient (Wildman–Crippen LogP) is 5.35. The molecule has 1 aliphatic carbocycles. The molecule has 3 aromatic rings. The van der Waals surface area contributed by atoms with Crippen LogP contribution < -0.4 is 0 Å². The Morgan fingerprint density at radius 2 is 1.76 bits per heavy atom. The molecule has 0 fully saturated rings. The molecule has 0 aliphatic heterocycles. The Hall–Kier alpha value is -3.13. The Balaban J connectivity index is 1.86. The summed E-state index contributed by atoms with van der Waals surface area (Å²) in [4.78, 5) is 11.4. The lowest BCUT2D eigenvalue weighted by Crippen LogP contribution is -2.02. The van der Waals surface area contributed by atoms with Gasteiger partial charge in [-0.25, -0.2) is 4.79 Å². The first-order chi connectivity index (χ1) is 12.2. The summed E-state index contributed by atoms with van der Waals surface area (Å²) in [6, 6.07) is 20.5. The van der Waals surface area contributed by atoms with Crippen molar-refractivity contribution in [1.29, 1.82) is 0 Å². The van der Waals surface area contributed by atoms with Gasteiger partial charge in [0.15, 0.2) is 0 Å². The lowest BCUT2D eigenvalue weighted by molar-refractivity contribution is 0.0696. The van der Waals surface area contributed by atoms with E-state index in [1.165, 1.54) is 27.8 Å². The van der Waals surface area contributed by atoms with E-state index in [2.05, 4.69) is 49.0 Å². The molecule has 2 nitrogen and oxygen atoms in total. The lowest BCUT2D eigenvalue weighted by Gasteiger charge is -2.12.